The normalized spacial score (nSPS) is 15.0. The molecule has 152 valence electrons. The van der Waals surface area contributed by atoms with Crippen LogP contribution in [0, 0.1) is 24.7 Å². The van der Waals surface area contributed by atoms with Crippen LogP contribution >= 0.6 is 0 Å². The summed E-state index contributed by atoms with van der Waals surface area (Å²) in [6.45, 7) is 0. The van der Waals surface area contributed by atoms with Gasteiger partial charge in [0.1, 0.15) is 0 Å². The van der Waals surface area contributed by atoms with Crippen molar-refractivity contribution in [3.8, 4) is 24.7 Å². The topological polar surface area (TPSA) is 34.1 Å². The fourth-order valence-corrected chi connectivity index (χ4v) is 2.19. The number of carbonyl (C=O) groups excluding carboxylic acids is 2. The fourth-order valence-electron chi connectivity index (χ4n) is 2.19. The van der Waals surface area contributed by atoms with Crippen molar-refractivity contribution < 1.29 is 9.59 Å². The second-order valence-corrected chi connectivity index (χ2v) is 6.04. The molecule has 1 rings (SSSR count). The Bertz CT molecular complexity index is 957. The van der Waals surface area contributed by atoms with Crippen LogP contribution in [0.3, 0.4) is 0 Å². The van der Waals surface area contributed by atoms with Crippen LogP contribution in [0.2, 0.25) is 0 Å². The largest absolute Gasteiger partial charge is 0.280 e. The van der Waals surface area contributed by atoms with Gasteiger partial charge in [0, 0.05) is 0 Å². The minimum absolute atomic E-state index is 0.349. The average molecular weight is 405 g/mol. The number of rotatable bonds is 10. The first-order valence-corrected chi connectivity index (χ1v) is 9.59. The summed E-state index contributed by atoms with van der Waals surface area (Å²) >= 11 is 0. The third-order valence-corrected chi connectivity index (χ3v) is 3.65. The van der Waals surface area contributed by atoms with Crippen molar-refractivity contribution >= 4 is 11.6 Å². The van der Waals surface area contributed by atoms with Crippen LogP contribution in [-0.2, 0) is 9.59 Å². The van der Waals surface area contributed by atoms with Crippen molar-refractivity contribution in [2.24, 2.45) is 0 Å². The predicted molar refractivity (Wildman–Crippen MR) is 131 cm³/mol. The molecule has 0 aromatic heterocycles. The summed E-state index contributed by atoms with van der Waals surface area (Å²) in [5.41, 5.74) is 2.37. The minimum Gasteiger partial charge on any atom is -0.280 e. The molecular formula is C29H24O2. The van der Waals surface area contributed by atoms with Crippen LogP contribution < -0.4 is 0 Å². The van der Waals surface area contributed by atoms with Crippen LogP contribution in [0.1, 0.15) is 6.42 Å². The second-order valence-electron chi connectivity index (χ2n) is 6.04. The lowest BCUT2D eigenvalue weighted by Crippen LogP contribution is -1.82. The molecule has 0 bridgehead atoms. The Balaban J connectivity index is 2.50. The Morgan fingerprint density at radius 1 is 0.613 bits per heavy atom. The Labute approximate surface area is 185 Å². The molecular weight excluding hydrogens is 380 g/mol. The van der Waals surface area contributed by atoms with Gasteiger partial charge >= 0.3 is 0 Å². The summed E-state index contributed by atoms with van der Waals surface area (Å²) < 4.78 is 0. The first-order valence-electron chi connectivity index (χ1n) is 9.59. The lowest BCUT2D eigenvalue weighted by Gasteiger charge is -2.00. The monoisotopic (exact) mass is 404 g/mol. The van der Waals surface area contributed by atoms with Crippen molar-refractivity contribution in [2.75, 3.05) is 0 Å². The molecule has 0 aromatic rings. The second kappa shape index (κ2) is 16.5. The summed E-state index contributed by atoms with van der Waals surface area (Å²) in [7, 11) is 0. The zero-order valence-corrected chi connectivity index (χ0v) is 17.2. The van der Waals surface area contributed by atoms with Crippen LogP contribution in [-0.4, -0.2) is 11.6 Å². The lowest BCUT2D eigenvalue weighted by atomic mass is 10.0. The number of hydrogen-bond donors (Lipinski definition) is 0. The molecule has 0 fully saturated rings. The third kappa shape index (κ3) is 13.4. The highest BCUT2D eigenvalue weighted by atomic mass is 16.1. The van der Waals surface area contributed by atoms with Gasteiger partial charge in [-0.15, -0.1) is 12.8 Å². The zero-order valence-electron chi connectivity index (χ0n) is 17.2. The molecule has 0 atom stereocenters. The van der Waals surface area contributed by atoms with Crippen molar-refractivity contribution in [3.05, 3.63) is 133 Å². The maximum absolute atomic E-state index is 10.9. The Hall–Kier alpha value is -4.40. The van der Waals surface area contributed by atoms with E-state index in [9.17, 15) is 9.59 Å². The Kier molecular flexibility index (Phi) is 13.1. The minimum atomic E-state index is -0.349. The van der Waals surface area contributed by atoms with Crippen molar-refractivity contribution in [1.29, 1.82) is 0 Å². The van der Waals surface area contributed by atoms with Gasteiger partial charge in [-0.2, -0.15) is 0 Å². The molecule has 0 unspecified atom stereocenters. The van der Waals surface area contributed by atoms with E-state index in [4.69, 9.17) is 12.8 Å². The standard InChI is InChI=1S/C29H24O2/c1-3-28(30)23-15-11-7-5-9-13-19-26-21-17-18-22-27(25-26)20-14-10-6-8-12-16-24-29(31)4-2/h1-2,5-24H,25H2/b9-5+,10-6+,11-7+,12-8+,19-13+,20-14+,23-15+,24-16+. The third-order valence-electron chi connectivity index (χ3n) is 3.65. The Morgan fingerprint density at radius 3 is 1.35 bits per heavy atom. The van der Waals surface area contributed by atoms with E-state index in [1.165, 1.54) is 23.3 Å². The van der Waals surface area contributed by atoms with Crippen molar-refractivity contribution in [2.45, 2.75) is 6.42 Å². The van der Waals surface area contributed by atoms with E-state index in [-0.39, 0.29) is 11.6 Å². The average Bonchev–Trinajstić information content (AvgIpc) is 3.01. The molecule has 31 heavy (non-hydrogen) atoms. The quantitative estimate of drug-likeness (QED) is 0.204. The van der Waals surface area contributed by atoms with Crippen LogP contribution in [0.15, 0.2) is 133 Å². The van der Waals surface area contributed by atoms with Gasteiger partial charge in [-0.05, 0) is 41.6 Å². The maximum Gasteiger partial charge on any atom is 0.228 e. The van der Waals surface area contributed by atoms with Gasteiger partial charge in [-0.1, -0.05) is 109 Å². The van der Waals surface area contributed by atoms with Gasteiger partial charge in [0.05, 0.1) is 0 Å². The molecule has 2 nitrogen and oxygen atoms in total. The predicted octanol–water partition coefficient (Wildman–Crippen LogP) is 5.65. The smallest absolute Gasteiger partial charge is 0.228 e. The molecule has 0 N–H and O–H groups in total. The highest BCUT2D eigenvalue weighted by Gasteiger charge is 1.97. The summed E-state index contributed by atoms with van der Waals surface area (Å²) in [6.07, 6.45) is 47.6. The molecule has 0 heterocycles. The molecule has 0 saturated carbocycles. The molecule has 1 aliphatic carbocycles. The van der Waals surface area contributed by atoms with Crippen molar-refractivity contribution in [1.82, 2.24) is 0 Å². The molecule has 1 aliphatic rings. The molecule has 0 radical (unpaired) electrons. The van der Waals surface area contributed by atoms with E-state index < -0.39 is 0 Å². The van der Waals surface area contributed by atoms with Crippen LogP contribution in [0.4, 0.5) is 0 Å². The summed E-state index contributed by atoms with van der Waals surface area (Å²) in [6, 6.07) is 0. The molecule has 0 amide bonds. The maximum atomic E-state index is 10.9. The van der Waals surface area contributed by atoms with Crippen LogP contribution in [0.5, 0.6) is 0 Å². The highest BCUT2D eigenvalue weighted by molar-refractivity contribution is 6.04. The van der Waals surface area contributed by atoms with Gasteiger partial charge in [0.2, 0.25) is 11.6 Å². The zero-order chi connectivity index (χ0) is 22.6. The van der Waals surface area contributed by atoms with Gasteiger partial charge in [0.25, 0.3) is 0 Å². The number of hydrogen-bond acceptors (Lipinski definition) is 2. The summed E-state index contributed by atoms with van der Waals surface area (Å²) in [4.78, 5) is 21.8. The molecule has 0 spiro atoms. The van der Waals surface area contributed by atoms with E-state index in [0.29, 0.717) is 0 Å². The molecule has 0 aliphatic heterocycles. The highest BCUT2D eigenvalue weighted by Crippen LogP contribution is 2.17. The van der Waals surface area contributed by atoms with Gasteiger partial charge in [-0.3, -0.25) is 9.59 Å². The van der Waals surface area contributed by atoms with E-state index in [0.717, 1.165) is 6.42 Å². The number of terminal acetylenes is 2. The SMILES string of the molecule is C#CC(=O)/C=C/C=C/C=C/C=C/C1=CC=CC=C(/C=C/C=C/C=C/C=C/C(=O)C#C)C1. The van der Waals surface area contributed by atoms with Crippen molar-refractivity contribution in [3.63, 3.8) is 0 Å². The van der Waals surface area contributed by atoms with E-state index in [1.54, 1.807) is 24.3 Å². The van der Waals surface area contributed by atoms with Gasteiger partial charge in [-0.25, -0.2) is 0 Å². The summed E-state index contributed by atoms with van der Waals surface area (Å²) in [5.74, 6) is 3.34. The number of allylic oxidation sites excluding steroid dienone is 22. The molecule has 0 saturated heterocycles. The van der Waals surface area contributed by atoms with E-state index in [2.05, 4.69) is 24.3 Å². The number of ketones is 2. The van der Waals surface area contributed by atoms with Gasteiger partial charge < -0.3 is 0 Å². The lowest BCUT2D eigenvalue weighted by molar-refractivity contribution is -0.110. The van der Waals surface area contributed by atoms with E-state index in [1.807, 2.05) is 72.6 Å². The molecule has 2 heteroatoms. The first-order chi connectivity index (χ1) is 15.2. The summed E-state index contributed by atoms with van der Waals surface area (Å²) in [5, 5.41) is 0. The Morgan fingerprint density at radius 2 is 0.968 bits per heavy atom. The molecule has 0 aromatic carbocycles. The van der Waals surface area contributed by atoms with E-state index >= 15 is 0 Å². The fraction of sp³-hybridized carbons (Fsp3) is 0.0345. The van der Waals surface area contributed by atoms with Gasteiger partial charge in [0.15, 0.2) is 0 Å². The van der Waals surface area contributed by atoms with Crippen LogP contribution in [0.25, 0.3) is 0 Å². The number of carbonyl (C=O) groups is 2. The first kappa shape index (κ1) is 24.6.